The van der Waals surface area contributed by atoms with Crippen LogP contribution in [-0.2, 0) is 22.6 Å². The van der Waals surface area contributed by atoms with Crippen molar-refractivity contribution in [2.24, 2.45) is 11.8 Å². The van der Waals surface area contributed by atoms with Crippen molar-refractivity contribution in [3.05, 3.63) is 54.0 Å². The predicted molar refractivity (Wildman–Crippen MR) is 100 cm³/mol. The molecule has 0 radical (unpaired) electrons. The zero-order valence-electron chi connectivity index (χ0n) is 15.2. The number of benzene rings is 1. The number of carbonyl (C=O) groups excluding carboxylic acids is 2. The first-order chi connectivity index (χ1) is 12.7. The molecule has 2 amide bonds. The summed E-state index contributed by atoms with van der Waals surface area (Å²) < 4.78 is 5.23. The van der Waals surface area contributed by atoms with Crippen LogP contribution in [0.1, 0.15) is 43.9 Å². The number of furan rings is 1. The van der Waals surface area contributed by atoms with E-state index in [-0.39, 0.29) is 23.7 Å². The Kier molecular flexibility index (Phi) is 6.10. The van der Waals surface area contributed by atoms with E-state index in [1.54, 1.807) is 6.26 Å². The van der Waals surface area contributed by atoms with Crippen molar-refractivity contribution in [1.82, 2.24) is 5.32 Å². The van der Waals surface area contributed by atoms with Crippen molar-refractivity contribution in [2.75, 3.05) is 5.32 Å². The highest BCUT2D eigenvalue weighted by atomic mass is 16.3. The van der Waals surface area contributed by atoms with Crippen molar-refractivity contribution in [3.8, 4) is 0 Å². The smallest absolute Gasteiger partial charge is 0.227 e. The lowest BCUT2D eigenvalue weighted by Crippen LogP contribution is -2.35. The molecular formula is C21H26N2O3. The zero-order valence-corrected chi connectivity index (χ0v) is 15.2. The molecule has 0 bridgehead atoms. The Bertz CT molecular complexity index is 731. The Morgan fingerprint density at radius 3 is 2.35 bits per heavy atom. The second-order valence-electron chi connectivity index (χ2n) is 6.85. The maximum atomic E-state index is 12.6. The summed E-state index contributed by atoms with van der Waals surface area (Å²) in [6, 6.07) is 11.6. The van der Waals surface area contributed by atoms with E-state index in [0.717, 1.165) is 49.1 Å². The fourth-order valence-corrected chi connectivity index (χ4v) is 3.53. The Morgan fingerprint density at radius 1 is 1.00 bits per heavy atom. The molecule has 1 heterocycles. The average molecular weight is 354 g/mol. The van der Waals surface area contributed by atoms with Gasteiger partial charge in [-0.25, -0.2) is 0 Å². The maximum absolute atomic E-state index is 12.6. The van der Waals surface area contributed by atoms with E-state index in [1.165, 1.54) is 0 Å². The second-order valence-corrected chi connectivity index (χ2v) is 6.85. The summed E-state index contributed by atoms with van der Waals surface area (Å²) in [7, 11) is 0. The minimum atomic E-state index is -0.0194. The number of amides is 2. The molecule has 1 fully saturated rings. The molecule has 0 atom stereocenters. The van der Waals surface area contributed by atoms with Crippen molar-refractivity contribution < 1.29 is 14.0 Å². The number of para-hydroxylation sites is 1. The third-order valence-electron chi connectivity index (χ3n) is 5.14. The van der Waals surface area contributed by atoms with Gasteiger partial charge in [0, 0.05) is 17.5 Å². The number of hydrogen-bond acceptors (Lipinski definition) is 3. The summed E-state index contributed by atoms with van der Waals surface area (Å²) in [5.41, 5.74) is 2.05. The molecular weight excluding hydrogens is 328 g/mol. The van der Waals surface area contributed by atoms with Gasteiger partial charge in [-0.2, -0.15) is 0 Å². The van der Waals surface area contributed by atoms with Gasteiger partial charge in [-0.3, -0.25) is 9.59 Å². The summed E-state index contributed by atoms with van der Waals surface area (Å²) in [5.74, 6) is 0.837. The summed E-state index contributed by atoms with van der Waals surface area (Å²) in [5, 5.41) is 5.99. The molecule has 26 heavy (non-hydrogen) atoms. The number of rotatable bonds is 6. The van der Waals surface area contributed by atoms with Gasteiger partial charge in [-0.05, 0) is 55.9 Å². The minimum absolute atomic E-state index is 0.0167. The Morgan fingerprint density at radius 2 is 1.69 bits per heavy atom. The highest BCUT2D eigenvalue weighted by Gasteiger charge is 2.30. The van der Waals surface area contributed by atoms with E-state index in [4.69, 9.17) is 4.42 Å². The lowest BCUT2D eigenvalue weighted by Gasteiger charge is -2.27. The summed E-state index contributed by atoms with van der Waals surface area (Å²) in [6.07, 6.45) is 5.48. The molecule has 1 aromatic heterocycles. The fraction of sp³-hybridized carbons (Fsp3) is 0.429. The molecule has 5 heteroatoms. The Balaban J connectivity index is 1.46. The van der Waals surface area contributed by atoms with Gasteiger partial charge in [-0.1, -0.05) is 25.1 Å². The van der Waals surface area contributed by atoms with Crippen molar-refractivity contribution in [1.29, 1.82) is 0 Å². The first-order valence-electron chi connectivity index (χ1n) is 9.36. The van der Waals surface area contributed by atoms with E-state index in [1.807, 2.05) is 36.4 Å². The van der Waals surface area contributed by atoms with Gasteiger partial charge in [0.15, 0.2) is 0 Å². The van der Waals surface area contributed by atoms with Gasteiger partial charge < -0.3 is 15.1 Å². The zero-order chi connectivity index (χ0) is 18.4. The third-order valence-corrected chi connectivity index (χ3v) is 5.14. The minimum Gasteiger partial charge on any atom is -0.467 e. The second kappa shape index (κ2) is 8.70. The number of anilines is 1. The summed E-state index contributed by atoms with van der Waals surface area (Å²) >= 11 is 0. The van der Waals surface area contributed by atoms with Crippen LogP contribution in [0.2, 0.25) is 0 Å². The summed E-state index contributed by atoms with van der Waals surface area (Å²) in [4.78, 5) is 24.9. The summed E-state index contributed by atoms with van der Waals surface area (Å²) in [6.45, 7) is 2.50. The molecule has 1 saturated carbocycles. The SMILES string of the molecule is CCc1ccccc1NC(=O)C1CCC(C(=O)NCc2ccco2)CC1. The van der Waals surface area contributed by atoms with Crippen LogP contribution in [0.25, 0.3) is 0 Å². The average Bonchev–Trinajstić information content (AvgIpc) is 3.20. The largest absolute Gasteiger partial charge is 0.467 e. The van der Waals surface area contributed by atoms with Gasteiger partial charge in [0.05, 0.1) is 12.8 Å². The quantitative estimate of drug-likeness (QED) is 0.826. The van der Waals surface area contributed by atoms with Gasteiger partial charge in [0.25, 0.3) is 0 Å². The van der Waals surface area contributed by atoms with Crippen molar-refractivity contribution >= 4 is 17.5 Å². The van der Waals surface area contributed by atoms with E-state index in [9.17, 15) is 9.59 Å². The monoisotopic (exact) mass is 354 g/mol. The highest BCUT2D eigenvalue weighted by Crippen LogP contribution is 2.30. The topological polar surface area (TPSA) is 71.3 Å². The number of aryl methyl sites for hydroxylation is 1. The molecule has 138 valence electrons. The van der Waals surface area contributed by atoms with Crippen LogP contribution in [0.5, 0.6) is 0 Å². The van der Waals surface area contributed by atoms with E-state index >= 15 is 0 Å². The van der Waals surface area contributed by atoms with E-state index in [2.05, 4.69) is 17.6 Å². The molecule has 2 aromatic rings. The van der Waals surface area contributed by atoms with Crippen molar-refractivity contribution in [2.45, 2.75) is 45.6 Å². The fourth-order valence-electron chi connectivity index (χ4n) is 3.53. The standard InChI is InChI=1S/C21H26N2O3/c1-2-15-6-3-4-8-19(15)23-21(25)17-11-9-16(10-12-17)20(24)22-14-18-7-5-13-26-18/h3-8,13,16-17H,2,9-12,14H2,1H3,(H,22,24)(H,23,25). The van der Waals surface area contributed by atoms with Gasteiger partial charge in [-0.15, -0.1) is 0 Å². The lowest BCUT2D eigenvalue weighted by molar-refractivity contribution is -0.128. The molecule has 0 aliphatic heterocycles. The lowest BCUT2D eigenvalue weighted by atomic mass is 9.81. The predicted octanol–water partition coefficient (Wildman–Crippen LogP) is 3.90. The molecule has 1 aliphatic rings. The normalized spacial score (nSPS) is 19.7. The van der Waals surface area contributed by atoms with E-state index < -0.39 is 0 Å². The Labute approximate surface area is 154 Å². The number of nitrogens with one attached hydrogen (secondary N) is 2. The number of carbonyl (C=O) groups is 2. The molecule has 5 nitrogen and oxygen atoms in total. The molecule has 0 spiro atoms. The van der Waals surface area contributed by atoms with Crippen LogP contribution >= 0.6 is 0 Å². The molecule has 2 N–H and O–H groups in total. The van der Waals surface area contributed by atoms with Gasteiger partial charge in [0.1, 0.15) is 5.76 Å². The number of hydrogen-bond donors (Lipinski definition) is 2. The van der Waals surface area contributed by atoms with Gasteiger partial charge >= 0.3 is 0 Å². The molecule has 0 saturated heterocycles. The Hall–Kier alpha value is -2.56. The molecule has 3 rings (SSSR count). The van der Waals surface area contributed by atoms with Crippen LogP contribution in [0.15, 0.2) is 47.1 Å². The van der Waals surface area contributed by atoms with Crippen LogP contribution in [0.4, 0.5) is 5.69 Å². The maximum Gasteiger partial charge on any atom is 0.227 e. The van der Waals surface area contributed by atoms with Crippen LogP contribution in [0.3, 0.4) is 0 Å². The third kappa shape index (κ3) is 4.54. The first kappa shape index (κ1) is 18.2. The molecule has 1 aromatic carbocycles. The highest BCUT2D eigenvalue weighted by molar-refractivity contribution is 5.93. The van der Waals surface area contributed by atoms with E-state index in [0.29, 0.717) is 6.54 Å². The van der Waals surface area contributed by atoms with Crippen LogP contribution in [-0.4, -0.2) is 11.8 Å². The molecule has 1 aliphatic carbocycles. The van der Waals surface area contributed by atoms with Crippen LogP contribution < -0.4 is 10.6 Å². The van der Waals surface area contributed by atoms with Crippen molar-refractivity contribution in [3.63, 3.8) is 0 Å². The van der Waals surface area contributed by atoms with Gasteiger partial charge in [0.2, 0.25) is 11.8 Å². The van der Waals surface area contributed by atoms with Crippen LogP contribution in [0, 0.1) is 11.8 Å². The molecule has 0 unspecified atom stereocenters. The first-order valence-corrected chi connectivity index (χ1v) is 9.36.